The van der Waals surface area contributed by atoms with Gasteiger partial charge in [-0.15, -0.1) is 0 Å². The van der Waals surface area contributed by atoms with Crippen LogP contribution in [0.3, 0.4) is 0 Å². The molecule has 0 aromatic carbocycles. The van der Waals surface area contributed by atoms with Gasteiger partial charge >= 0.3 is 0 Å². The Morgan fingerprint density at radius 3 is 2.46 bits per heavy atom. The zero-order chi connectivity index (χ0) is 9.31. The van der Waals surface area contributed by atoms with Gasteiger partial charge in [-0.05, 0) is 44.3 Å². The first-order valence-electron chi connectivity index (χ1n) is 5.62. The minimum absolute atomic E-state index is 0.600. The third-order valence-corrected chi connectivity index (χ3v) is 3.70. The molecule has 13 heavy (non-hydrogen) atoms. The molecule has 2 rings (SSSR count). The maximum absolute atomic E-state index is 3.45. The quantitative estimate of drug-likeness (QED) is 0.660. The van der Waals surface area contributed by atoms with Crippen molar-refractivity contribution in [3.05, 3.63) is 0 Å². The molecule has 1 unspecified atom stereocenters. The molecule has 0 aromatic rings. The van der Waals surface area contributed by atoms with Crippen molar-refractivity contribution in [2.45, 2.75) is 39.2 Å². The highest BCUT2D eigenvalue weighted by Crippen LogP contribution is 2.31. The molecule has 0 aromatic heterocycles. The zero-order valence-corrected chi connectivity index (χ0v) is 8.97. The first-order chi connectivity index (χ1) is 6.17. The average Bonchev–Trinajstić information content (AvgIpc) is 2.56. The van der Waals surface area contributed by atoms with Gasteiger partial charge < -0.3 is 5.32 Å². The van der Waals surface area contributed by atoms with Crippen LogP contribution in [0, 0.1) is 5.41 Å². The van der Waals surface area contributed by atoms with Crippen LogP contribution in [-0.4, -0.2) is 37.1 Å². The van der Waals surface area contributed by atoms with Crippen molar-refractivity contribution in [2.24, 2.45) is 5.41 Å². The summed E-state index contributed by atoms with van der Waals surface area (Å²) >= 11 is 0. The summed E-state index contributed by atoms with van der Waals surface area (Å²) in [5.74, 6) is 0. The highest BCUT2D eigenvalue weighted by molar-refractivity contribution is 4.86. The number of likely N-dealkylation sites (tertiary alicyclic amines) is 1. The highest BCUT2D eigenvalue weighted by atomic mass is 15.2. The predicted octanol–water partition coefficient (Wildman–Crippen LogP) is 1.47. The van der Waals surface area contributed by atoms with Crippen LogP contribution in [-0.2, 0) is 0 Å². The lowest BCUT2D eigenvalue weighted by Gasteiger charge is -2.39. The number of hydrogen-bond acceptors (Lipinski definition) is 2. The average molecular weight is 182 g/mol. The van der Waals surface area contributed by atoms with E-state index in [1.807, 2.05) is 0 Å². The van der Waals surface area contributed by atoms with E-state index in [0.717, 1.165) is 6.04 Å². The van der Waals surface area contributed by atoms with Crippen LogP contribution in [0.1, 0.15) is 33.1 Å². The minimum Gasteiger partial charge on any atom is -0.315 e. The summed E-state index contributed by atoms with van der Waals surface area (Å²) in [6.45, 7) is 9.89. The second-order valence-corrected chi connectivity index (χ2v) is 5.35. The molecule has 0 aliphatic carbocycles. The number of nitrogens with one attached hydrogen (secondary N) is 1. The molecule has 1 N–H and O–H groups in total. The number of piperidine rings is 1. The fourth-order valence-corrected chi connectivity index (χ4v) is 2.45. The van der Waals surface area contributed by atoms with Crippen molar-refractivity contribution in [1.29, 1.82) is 0 Å². The van der Waals surface area contributed by atoms with Gasteiger partial charge in [0.2, 0.25) is 0 Å². The molecule has 2 heterocycles. The molecule has 0 amide bonds. The summed E-state index contributed by atoms with van der Waals surface area (Å²) in [5, 5.41) is 3.45. The van der Waals surface area contributed by atoms with E-state index in [-0.39, 0.29) is 0 Å². The molecule has 0 bridgehead atoms. The molecule has 1 atom stereocenters. The fourth-order valence-electron chi connectivity index (χ4n) is 2.45. The summed E-state index contributed by atoms with van der Waals surface area (Å²) in [6, 6.07) is 0.844. The van der Waals surface area contributed by atoms with Gasteiger partial charge in [0.1, 0.15) is 0 Å². The molecular weight excluding hydrogens is 160 g/mol. The van der Waals surface area contributed by atoms with Crippen LogP contribution in [0.15, 0.2) is 0 Å². The lowest BCUT2D eigenvalue weighted by molar-refractivity contribution is 0.101. The van der Waals surface area contributed by atoms with Crippen molar-refractivity contribution in [3.63, 3.8) is 0 Å². The maximum atomic E-state index is 3.45. The summed E-state index contributed by atoms with van der Waals surface area (Å²) in [4.78, 5) is 2.69. The molecule has 2 nitrogen and oxygen atoms in total. The molecule has 2 fully saturated rings. The van der Waals surface area contributed by atoms with Gasteiger partial charge in [0.25, 0.3) is 0 Å². The Labute approximate surface area is 81.7 Å². The van der Waals surface area contributed by atoms with E-state index in [2.05, 4.69) is 24.1 Å². The largest absolute Gasteiger partial charge is 0.315 e. The molecule has 2 saturated heterocycles. The highest BCUT2D eigenvalue weighted by Gasteiger charge is 2.30. The van der Waals surface area contributed by atoms with Gasteiger partial charge in [-0.1, -0.05) is 13.8 Å². The van der Waals surface area contributed by atoms with Crippen LogP contribution >= 0.6 is 0 Å². The van der Waals surface area contributed by atoms with Gasteiger partial charge in [0.05, 0.1) is 0 Å². The van der Waals surface area contributed by atoms with Gasteiger partial charge in [0, 0.05) is 12.6 Å². The Morgan fingerprint density at radius 1 is 1.23 bits per heavy atom. The van der Waals surface area contributed by atoms with E-state index < -0.39 is 0 Å². The molecule has 2 aliphatic rings. The van der Waals surface area contributed by atoms with Gasteiger partial charge in [0.15, 0.2) is 0 Å². The fraction of sp³-hybridized carbons (Fsp3) is 1.00. The smallest absolute Gasteiger partial charge is 0.0232 e. The zero-order valence-electron chi connectivity index (χ0n) is 8.97. The van der Waals surface area contributed by atoms with Crippen LogP contribution < -0.4 is 5.32 Å². The van der Waals surface area contributed by atoms with E-state index in [0.29, 0.717) is 5.41 Å². The Morgan fingerprint density at radius 2 is 1.92 bits per heavy atom. The number of hydrogen-bond donors (Lipinski definition) is 1. The maximum Gasteiger partial charge on any atom is 0.0232 e. The Kier molecular flexibility index (Phi) is 2.61. The van der Waals surface area contributed by atoms with E-state index >= 15 is 0 Å². The van der Waals surface area contributed by atoms with Crippen molar-refractivity contribution < 1.29 is 0 Å². The van der Waals surface area contributed by atoms with Crippen LogP contribution in [0.2, 0.25) is 0 Å². The topological polar surface area (TPSA) is 15.3 Å². The molecule has 2 heteroatoms. The van der Waals surface area contributed by atoms with Crippen LogP contribution in [0.4, 0.5) is 0 Å². The second kappa shape index (κ2) is 3.58. The normalized spacial score (nSPS) is 35.1. The minimum atomic E-state index is 0.600. The Bertz CT molecular complexity index is 161. The summed E-state index contributed by atoms with van der Waals surface area (Å²) in [7, 11) is 0. The summed E-state index contributed by atoms with van der Waals surface area (Å²) in [5.41, 5.74) is 0.600. The van der Waals surface area contributed by atoms with E-state index in [9.17, 15) is 0 Å². The third-order valence-electron chi connectivity index (χ3n) is 3.70. The van der Waals surface area contributed by atoms with Crippen molar-refractivity contribution in [2.75, 3.05) is 26.2 Å². The Balaban J connectivity index is 1.83. The first-order valence-corrected chi connectivity index (χ1v) is 5.62. The number of rotatable bonds is 1. The van der Waals surface area contributed by atoms with Gasteiger partial charge in [-0.3, -0.25) is 4.90 Å². The summed E-state index contributed by atoms with van der Waals surface area (Å²) < 4.78 is 0. The molecule has 76 valence electrons. The molecular formula is C11H22N2. The molecule has 0 radical (unpaired) electrons. The SMILES string of the molecule is CC1(C)CCN(C2CCNC2)CC1. The number of nitrogens with zero attached hydrogens (tertiary/aromatic N) is 1. The monoisotopic (exact) mass is 182 g/mol. The van der Waals surface area contributed by atoms with Crippen molar-refractivity contribution in [1.82, 2.24) is 10.2 Å². The van der Waals surface area contributed by atoms with Gasteiger partial charge in [-0.2, -0.15) is 0 Å². The molecule has 2 aliphatic heterocycles. The predicted molar refractivity (Wildman–Crippen MR) is 55.9 cm³/mol. The third kappa shape index (κ3) is 2.23. The lowest BCUT2D eigenvalue weighted by atomic mass is 9.82. The van der Waals surface area contributed by atoms with Crippen LogP contribution in [0.25, 0.3) is 0 Å². The second-order valence-electron chi connectivity index (χ2n) is 5.35. The van der Waals surface area contributed by atoms with Crippen molar-refractivity contribution >= 4 is 0 Å². The lowest BCUT2D eigenvalue weighted by Crippen LogP contribution is -2.44. The van der Waals surface area contributed by atoms with Crippen molar-refractivity contribution in [3.8, 4) is 0 Å². The van der Waals surface area contributed by atoms with E-state index in [1.165, 1.54) is 45.4 Å². The summed E-state index contributed by atoms with van der Waals surface area (Å²) in [6.07, 6.45) is 4.12. The van der Waals surface area contributed by atoms with E-state index in [1.54, 1.807) is 0 Å². The van der Waals surface area contributed by atoms with E-state index in [4.69, 9.17) is 0 Å². The van der Waals surface area contributed by atoms with Gasteiger partial charge in [-0.25, -0.2) is 0 Å². The Hall–Kier alpha value is -0.0800. The standard InChI is InChI=1S/C11H22N2/c1-11(2)4-7-13(8-5-11)10-3-6-12-9-10/h10,12H,3-9H2,1-2H3. The molecule has 0 spiro atoms. The molecule has 0 saturated carbocycles. The first kappa shape index (κ1) is 9.47. The van der Waals surface area contributed by atoms with Crippen LogP contribution in [0.5, 0.6) is 0 Å².